The van der Waals surface area contributed by atoms with Gasteiger partial charge in [0.05, 0.1) is 11.1 Å². The van der Waals surface area contributed by atoms with Gasteiger partial charge in [-0.05, 0) is 33.6 Å². The van der Waals surface area contributed by atoms with E-state index in [4.69, 9.17) is 4.74 Å². The van der Waals surface area contributed by atoms with E-state index in [1.54, 1.807) is 13.2 Å². The van der Waals surface area contributed by atoms with Crippen LogP contribution >= 0.6 is 15.9 Å². The van der Waals surface area contributed by atoms with E-state index in [2.05, 4.69) is 15.9 Å². The summed E-state index contributed by atoms with van der Waals surface area (Å²) in [5.74, 6) is -0.250. The summed E-state index contributed by atoms with van der Waals surface area (Å²) in [6, 6.07) is 4.94. The summed E-state index contributed by atoms with van der Waals surface area (Å²) in [5.41, 5.74) is 0.841. The maximum atomic E-state index is 12.8. The average molecular weight is 235 g/mol. The number of benzene rings is 1. The molecule has 0 aliphatic carbocycles. The van der Waals surface area contributed by atoms with Crippen molar-refractivity contribution in [2.75, 3.05) is 7.11 Å². The molecule has 0 N–H and O–H groups in total. The lowest BCUT2D eigenvalue weighted by atomic mass is 10.2. The maximum absolute atomic E-state index is 12.8. The first-order valence-corrected chi connectivity index (χ1v) is 3.96. The molecular formula is C9H12BrFO. The van der Waals surface area contributed by atoms with E-state index < -0.39 is 0 Å². The van der Waals surface area contributed by atoms with E-state index in [0.717, 1.165) is 5.56 Å². The first-order chi connectivity index (χ1) is 5.24. The molecule has 0 fully saturated rings. The molecule has 0 saturated heterocycles. The Kier molecular flexibility index (Phi) is 5.09. The Bertz CT molecular complexity index is 250. The fraction of sp³-hybridized carbons (Fsp3) is 0.333. The lowest BCUT2D eigenvalue weighted by Gasteiger charge is -1.99. The van der Waals surface area contributed by atoms with Crippen molar-refractivity contribution in [3.8, 4) is 0 Å². The van der Waals surface area contributed by atoms with Crippen molar-refractivity contribution in [2.45, 2.75) is 14.0 Å². The van der Waals surface area contributed by atoms with Gasteiger partial charge < -0.3 is 4.74 Å². The third-order valence-electron chi connectivity index (χ3n) is 1.30. The highest BCUT2D eigenvalue weighted by molar-refractivity contribution is 9.10. The van der Waals surface area contributed by atoms with Crippen molar-refractivity contribution in [1.82, 2.24) is 0 Å². The minimum absolute atomic E-state index is 0. The van der Waals surface area contributed by atoms with Crippen molar-refractivity contribution in [1.29, 1.82) is 0 Å². The summed E-state index contributed by atoms with van der Waals surface area (Å²) >= 11 is 3.06. The highest BCUT2D eigenvalue weighted by Gasteiger charge is 1.98. The van der Waals surface area contributed by atoms with Gasteiger partial charge in [0.2, 0.25) is 0 Å². The van der Waals surface area contributed by atoms with Gasteiger partial charge in [0.1, 0.15) is 5.82 Å². The topological polar surface area (TPSA) is 9.23 Å². The summed E-state index contributed by atoms with van der Waals surface area (Å²) in [7, 11) is 1.58. The average Bonchev–Trinajstić information content (AvgIpc) is 1.98. The second-order valence-corrected chi connectivity index (χ2v) is 3.04. The molecule has 0 unspecified atom stereocenters. The molecule has 0 aliphatic rings. The van der Waals surface area contributed by atoms with Gasteiger partial charge in [-0.15, -0.1) is 0 Å². The zero-order valence-corrected chi connectivity index (χ0v) is 7.69. The van der Waals surface area contributed by atoms with Crippen LogP contribution in [0.15, 0.2) is 22.7 Å². The zero-order chi connectivity index (χ0) is 8.27. The number of rotatable bonds is 2. The smallest absolute Gasteiger partial charge is 0.137 e. The van der Waals surface area contributed by atoms with E-state index in [1.165, 1.54) is 6.07 Å². The predicted molar refractivity (Wildman–Crippen MR) is 51.5 cm³/mol. The van der Waals surface area contributed by atoms with Crippen LogP contribution in [0, 0.1) is 5.82 Å². The molecule has 68 valence electrons. The molecule has 0 spiro atoms. The van der Waals surface area contributed by atoms with Crippen molar-refractivity contribution < 1.29 is 9.13 Å². The molecule has 1 aromatic rings. The largest absolute Gasteiger partial charge is 0.380 e. The Morgan fingerprint density at radius 1 is 1.50 bits per heavy atom. The van der Waals surface area contributed by atoms with Crippen LogP contribution in [-0.2, 0) is 11.3 Å². The highest BCUT2D eigenvalue weighted by Crippen LogP contribution is 2.16. The van der Waals surface area contributed by atoms with Crippen LogP contribution < -0.4 is 0 Å². The molecule has 0 radical (unpaired) electrons. The third kappa shape index (κ3) is 2.91. The first-order valence-electron chi connectivity index (χ1n) is 3.17. The van der Waals surface area contributed by atoms with Gasteiger partial charge in [0, 0.05) is 7.11 Å². The summed E-state index contributed by atoms with van der Waals surface area (Å²) in [6.07, 6.45) is 0. The molecule has 0 saturated carbocycles. The van der Waals surface area contributed by atoms with Gasteiger partial charge in [0.15, 0.2) is 0 Å². The van der Waals surface area contributed by atoms with Crippen molar-refractivity contribution in [2.24, 2.45) is 0 Å². The van der Waals surface area contributed by atoms with Crippen LogP contribution in [0.25, 0.3) is 0 Å². The Balaban J connectivity index is 0.00000121. The summed E-state index contributed by atoms with van der Waals surface area (Å²) in [6.45, 7) is 0.449. The molecular weight excluding hydrogens is 223 g/mol. The van der Waals surface area contributed by atoms with Crippen LogP contribution in [0.3, 0.4) is 0 Å². The monoisotopic (exact) mass is 234 g/mol. The predicted octanol–water partition coefficient (Wildman–Crippen LogP) is 3.37. The minimum atomic E-state index is -0.250. The molecule has 0 aliphatic heterocycles. The van der Waals surface area contributed by atoms with Gasteiger partial charge in [-0.3, -0.25) is 0 Å². The maximum Gasteiger partial charge on any atom is 0.137 e. The second kappa shape index (κ2) is 5.27. The summed E-state index contributed by atoms with van der Waals surface area (Å²) in [4.78, 5) is 0. The van der Waals surface area contributed by atoms with Crippen LogP contribution in [0.4, 0.5) is 4.39 Å². The van der Waals surface area contributed by atoms with E-state index in [-0.39, 0.29) is 13.2 Å². The molecule has 0 bridgehead atoms. The molecule has 12 heavy (non-hydrogen) atoms. The van der Waals surface area contributed by atoms with Gasteiger partial charge in [0.25, 0.3) is 0 Å². The van der Waals surface area contributed by atoms with E-state index >= 15 is 0 Å². The third-order valence-corrected chi connectivity index (χ3v) is 1.94. The second-order valence-electron chi connectivity index (χ2n) is 2.18. The van der Waals surface area contributed by atoms with Crippen molar-refractivity contribution in [3.05, 3.63) is 34.1 Å². The van der Waals surface area contributed by atoms with Crippen LogP contribution in [0.2, 0.25) is 0 Å². The molecule has 0 heterocycles. The molecule has 1 aromatic carbocycles. The summed E-state index contributed by atoms with van der Waals surface area (Å²) < 4.78 is 18.1. The summed E-state index contributed by atoms with van der Waals surface area (Å²) in [5, 5.41) is 0. The fourth-order valence-corrected chi connectivity index (χ4v) is 1.04. The van der Waals surface area contributed by atoms with E-state index in [1.807, 2.05) is 6.07 Å². The van der Waals surface area contributed by atoms with Crippen LogP contribution in [0.1, 0.15) is 13.0 Å². The minimum Gasteiger partial charge on any atom is -0.380 e. The van der Waals surface area contributed by atoms with Crippen molar-refractivity contribution >= 4 is 15.9 Å². The van der Waals surface area contributed by atoms with Gasteiger partial charge in [-0.2, -0.15) is 0 Å². The molecule has 0 aromatic heterocycles. The van der Waals surface area contributed by atoms with Gasteiger partial charge in [-0.25, -0.2) is 4.39 Å². The Hall–Kier alpha value is -0.410. The standard InChI is InChI=1S/C8H8BrFO.CH4/c1-11-5-6-2-3-7(9)8(10)4-6;/h2-4H,5H2,1H3;1H4. The number of hydrogen-bond acceptors (Lipinski definition) is 1. The fourth-order valence-electron chi connectivity index (χ4n) is 0.796. The molecule has 0 atom stereocenters. The molecule has 1 nitrogen and oxygen atoms in total. The Morgan fingerprint density at radius 2 is 2.17 bits per heavy atom. The van der Waals surface area contributed by atoms with Crippen LogP contribution in [0.5, 0.6) is 0 Å². The number of ether oxygens (including phenoxy) is 1. The lowest BCUT2D eigenvalue weighted by molar-refractivity contribution is 0.184. The van der Waals surface area contributed by atoms with E-state index in [0.29, 0.717) is 11.1 Å². The van der Waals surface area contributed by atoms with E-state index in [9.17, 15) is 4.39 Å². The Labute approximate surface area is 80.7 Å². The van der Waals surface area contributed by atoms with Crippen molar-refractivity contribution in [3.63, 3.8) is 0 Å². The molecule has 0 amide bonds. The lowest BCUT2D eigenvalue weighted by Crippen LogP contribution is -1.88. The Morgan fingerprint density at radius 3 is 2.67 bits per heavy atom. The number of halogens is 2. The van der Waals surface area contributed by atoms with Crippen LogP contribution in [-0.4, -0.2) is 7.11 Å². The SMILES string of the molecule is C.COCc1ccc(Br)c(F)c1. The number of methoxy groups -OCH3 is 1. The quantitative estimate of drug-likeness (QED) is 0.763. The zero-order valence-electron chi connectivity index (χ0n) is 6.10. The normalized spacial score (nSPS) is 9.25. The molecule has 1 rings (SSSR count). The molecule has 3 heteroatoms. The van der Waals surface area contributed by atoms with Gasteiger partial charge in [-0.1, -0.05) is 13.5 Å². The number of hydrogen-bond donors (Lipinski definition) is 0. The highest BCUT2D eigenvalue weighted by atomic mass is 79.9. The first kappa shape index (κ1) is 11.6. The van der Waals surface area contributed by atoms with Gasteiger partial charge >= 0.3 is 0 Å².